The number of anilines is 1. The van der Waals surface area contributed by atoms with Crippen LogP contribution in [0.1, 0.15) is 11.3 Å². The fourth-order valence-corrected chi connectivity index (χ4v) is 2.66. The molecule has 1 N–H and O–H groups in total. The molecule has 2 heterocycles. The molecule has 0 radical (unpaired) electrons. The quantitative estimate of drug-likeness (QED) is 0.754. The van der Waals surface area contributed by atoms with Crippen molar-refractivity contribution in [2.45, 2.75) is 20.0 Å². The smallest absolute Gasteiger partial charge is 0.248 e. The van der Waals surface area contributed by atoms with E-state index in [9.17, 15) is 4.79 Å². The summed E-state index contributed by atoms with van der Waals surface area (Å²) in [5.74, 6) is -0.0386. The standard InChI is InChI=1S/C15H14Cl2N6O/c1-10-5-6-19-23(10)8-14(24)20-15-18-9-22(21-15)7-11-12(16)3-2-4-13(11)17/h2-6,9H,7-8H2,1H3,(H,20,21,24). The van der Waals surface area contributed by atoms with Crippen molar-refractivity contribution >= 4 is 35.1 Å². The first-order valence-corrected chi connectivity index (χ1v) is 7.89. The maximum atomic E-state index is 12.0. The van der Waals surface area contributed by atoms with Crippen molar-refractivity contribution in [2.75, 3.05) is 5.32 Å². The van der Waals surface area contributed by atoms with Crippen LogP contribution in [0.15, 0.2) is 36.8 Å². The topological polar surface area (TPSA) is 77.6 Å². The van der Waals surface area contributed by atoms with E-state index in [2.05, 4.69) is 20.5 Å². The summed E-state index contributed by atoms with van der Waals surface area (Å²) in [7, 11) is 0. The summed E-state index contributed by atoms with van der Waals surface area (Å²) in [6.45, 7) is 2.34. The van der Waals surface area contributed by atoms with Gasteiger partial charge < -0.3 is 0 Å². The highest BCUT2D eigenvalue weighted by atomic mass is 35.5. The van der Waals surface area contributed by atoms with E-state index in [-0.39, 0.29) is 18.4 Å². The number of nitrogens with zero attached hydrogens (tertiary/aromatic N) is 5. The SMILES string of the molecule is Cc1ccnn1CC(=O)Nc1ncn(Cc2c(Cl)cccc2Cl)n1. The van der Waals surface area contributed by atoms with Crippen molar-refractivity contribution in [1.82, 2.24) is 24.5 Å². The summed E-state index contributed by atoms with van der Waals surface area (Å²) >= 11 is 12.3. The molecule has 3 aromatic rings. The van der Waals surface area contributed by atoms with Crippen LogP contribution in [-0.4, -0.2) is 30.5 Å². The molecule has 2 aromatic heterocycles. The average molecular weight is 365 g/mol. The molecule has 0 aliphatic heterocycles. The van der Waals surface area contributed by atoms with Gasteiger partial charge in [-0.05, 0) is 25.1 Å². The molecule has 7 nitrogen and oxygen atoms in total. The number of nitrogens with one attached hydrogen (secondary N) is 1. The van der Waals surface area contributed by atoms with E-state index in [0.717, 1.165) is 11.3 Å². The highest BCUT2D eigenvalue weighted by Gasteiger charge is 2.11. The van der Waals surface area contributed by atoms with Gasteiger partial charge in [-0.15, -0.1) is 5.10 Å². The number of halogens is 2. The second-order valence-corrected chi connectivity index (χ2v) is 5.96. The number of carbonyl (C=O) groups is 1. The molecule has 0 saturated heterocycles. The Bertz CT molecular complexity index is 852. The first kappa shape index (κ1) is 16.5. The van der Waals surface area contributed by atoms with Crippen LogP contribution in [0.5, 0.6) is 0 Å². The Kier molecular flexibility index (Phi) is 4.82. The number of hydrogen-bond acceptors (Lipinski definition) is 4. The Balaban J connectivity index is 1.65. The lowest BCUT2D eigenvalue weighted by Crippen LogP contribution is -2.21. The third-order valence-electron chi connectivity index (χ3n) is 3.39. The summed E-state index contributed by atoms with van der Waals surface area (Å²) in [4.78, 5) is 16.1. The number of amides is 1. The molecule has 3 rings (SSSR count). The summed E-state index contributed by atoms with van der Waals surface area (Å²) in [5.41, 5.74) is 1.65. The molecule has 0 atom stereocenters. The molecule has 1 aromatic carbocycles. The van der Waals surface area contributed by atoms with Gasteiger partial charge in [0.25, 0.3) is 0 Å². The Morgan fingerprint density at radius 2 is 2.00 bits per heavy atom. The maximum Gasteiger partial charge on any atom is 0.248 e. The molecule has 1 amide bonds. The van der Waals surface area contributed by atoms with Gasteiger partial charge in [0.2, 0.25) is 11.9 Å². The second-order valence-electron chi connectivity index (χ2n) is 5.14. The maximum absolute atomic E-state index is 12.0. The molecule has 0 aliphatic carbocycles. The Labute approximate surface area is 148 Å². The van der Waals surface area contributed by atoms with Gasteiger partial charge in [-0.25, -0.2) is 9.67 Å². The van der Waals surface area contributed by atoms with E-state index >= 15 is 0 Å². The van der Waals surface area contributed by atoms with Gasteiger partial charge in [0, 0.05) is 27.5 Å². The van der Waals surface area contributed by atoms with Gasteiger partial charge >= 0.3 is 0 Å². The number of benzene rings is 1. The average Bonchev–Trinajstić information content (AvgIpc) is 3.13. The van der Waals surface area contributed by atoms with Gasteiger partial charge in [-0.2, -0.15) is 5.10 Å². The van der Waals surface area contributed by atoms with Crippen LogP contribution >= 0.6 is 23.2 Å². The fraction of sp³-hybridized carbons (Fsp3) is 0.200. The van der Waals surface area contributed by atoms with Crippen molar-refractivity contribution < 1.29 is 4.79 Å². The van der Waals surface area contributed by atoms with E-state index in [1.54, 1.807) is 33.8 Å². The highest BCUT2D eigenvalue weighted by Crippen LogP contribution is 2.24. The molecule has 0 saturated carbocycles. The normalized spacial score (nSPS) is 10.8. The lowest BCUT2D eigenvalue weighted by molar-refractivity contribution is -0.117. The lowest BCUT2D eigenvalue weighted by Gasteiger charge is -2.06. The van der Waals surface area contributed by atoms with Crippen molar-refractivity contribution in [3.05, 3.63) is 58.1 Å². The molecular weight excluding hydrogens is 351 g/mol. The van der Waals surface area contributed by atoms with Crippen molar-refractivity contribution in [2.24, 2.45) is 0 Å². The van der Waals surface area contributed by atoms with Crippen molar-refractivity contribution in [3.8, 4) is 0 Å². The molecule has 0 fully saturated rings. The van der Waals surface area contributed by atoms with Crippen molar-refractivity contribution in [1.29, 1.82) is 0 Å². The summed E-state index contributed by atoms with van der Waals surface area (Å²) < 4.78 is 3.15. The van der Waals surface area contributed by atoms with Crippen molar-refractivity contribution in [3.63, 3.8) is 0 Å². The minimum absolute atomic E-state index is 0.101. The largest absolute Gasteiger partial charge is 0.292 e. The number of carbonyl (C=O) groups excluding carboxylic acids is 1. The zero-order valence-corrected chi connectivity index (χ0v) is 14.3. The monoisotopic (exact) mass is 364 g/mol. The summed E-state index contributed by atoms with van der Waals surface area (Å²) in [6, 6.07) is 7.12. The van der Waals surface area contributed by atoms with Crippen LogP contribution < -0.4 is 5.32 Å². The third kappa shape index (κ3) is 3.74. The number of rotatable bonds is 5. The summed E-state index contributed by atoms with van der Waals surface area (Å²) in [5, 5.41) is 12.0. The predicted octanol–water partition coefficient (Wildman–Crippen LogP) is 2.78. The molecule has 124 valence electrons. The van der Waals surface area contributed by atoms with Crippen LogP contribution in [-0.2, 0) is 17.9 Å². The van der Waals surface area contributed by atoms with Gasteiger partial charge in [-0.3, -0.25) is 14.8 Å². The van der Waals surface area contributed by atoms with Gasteiger partial charge in [0.15, 0.2) is 0 Å². The fourth-order valence-electron chi connectivity index (χ4n) is 2.14. The van der Waals surface area contributed by atoms with E-state index in [1.807, 2.05) is 13.0 Å². The molecule has 9 heteroatoms. The Morgan fingerprint density at radius 1 is 1.25 bits per heavy atom. The Hall–Kier alpha value is -2.38. The third-order valence-corrected chi connectivity index (χ3v) is 4.10. The minimum atomic E-state index is -0.254. The van der Waals surface area contributed by atoms with Gasteiger partial charge in [0.1, 0.15) is 12.9 Å². The zero-order valence-electron chi connectivity index (χ0n) is 12.8. The number of aromatic nitrogens is 5. The van der Waals surface area contributed by atoms with E-state index in [1.165, 1.54) is 6.33 Å². The lowest BCUT2D eigenvalue weighted by atomic mass is 10.2. The first-order chi connectivity index (χ1) is 11.5. The highest BCUT2D eigenvalue weighted by molar-refractivity contribution is 6.35. The van der Waals surface area contributed by atoms with E-state index in [4.69, 9.17) is 23.2 Å². The number of aryl methyl sites for hydroxylation is 1. The minimum Gasteiger partial charge on any atom is -0.292 e. The Morgan fingerprint density at radius 3 is 2.67 bits per heavy atom. The van der Waals surface area contributed by atoms with Crippen LogP contribution in [0.25, 0.3) is 0 Å². The first-order valence-electron chi connectivity index (χ1n) is 7.13. The molecule has 0 unspecified atom stereocenters. The van der Waals surface area contributed by atoms with E-state index < -0.39 is 0 Å². The van der Waals surface area contributed by atoms with Crippen LogP contribution in [0.2, 0.25) is 10.0 Å². The van der Waals surface area contributed by atoms with Crippen LogP contribution in [0.4, 0.5) is 5.95 Å². The molecule has 0 bridgehead atoms. The summed E-state index contributed by atoms with van der Waals surface area (Å²) in [6.07, 6.45) is 3.15. The molecule has 0 aliphatic rings. The van der Waals surface area contributed by atoms with Crippen LogP contribution in [0.3, 0.4) is 0 Å². The predicted molar refractivity (Wildman–Crippen MR) is 91.2 cm³/mol. The zero-order chi connectivity index (χ0) is 17.1. The van der Waals surface area contributed by atoms with Gasteiger partial charge in [0.05, 0.1) is 6.54 Å². The van der Waals surface area contributed by atoms with Crippen LogP contribution in [0, 0.1) is 6.92 Å². The molecular formula is C15H14Cl2N6O. The number of hydrogen-bond donors (Lipinski definition) is 1. The second kappa shape index (κ2) is 7.02. The molecule has 0 spiro atoms. The van der Waals surface area contributed by atoms with E-state index in [0.29, 0.717) is 16.6 Å². The van der Waals surface area contributed by atoms with Gasteiger partial charge in [-0.1, -0.05) is 29.3 Å². The molecule has 24 heavy (non-hydrogen) atoms.